The van der Waals surface area contributed by atoms with Crippen molar-refractivity contribution in [1.29, 1.82) is 0 Å². The van der Waals surface area contributed by atoms with Gasteiger partial charge in [0.15, 0.2) is 23.2 Å². The Kier molecular flexibility index (Phi) is 6.45. The number of imidazole rings is 1. The van der Waals surface area contributed by atoms with Crippen LogP contribution in [0.1, 0.15) is 11.8 Å². The standard InChI is InChI=1S/C23H22N8O6/c24-20-17-21(26-11-25-20)30(22-19(34)18(33)16(10-32)37-22)23(28-17)29-27-9-12-1-3-13(4-2-12)14-5-7-15(8-6-14)31(35)36/h1-9,11,16,18-19,22,32-34H,10H2,(H,28,29)(H2,24,25,26)/b27-9+. The molecule has 1 aliphatic rings. The zero-order chi connectivity index (χ0) is 26.1. The van der Waals surface area contributed by atoms with Crippen LogP contribution >= 0.6 is 0 Å². The Balaban J connectivity index is 1.38. The van der Waals surface area contributed by atoms with Crippen LogP contribution in [0, 0.1) is 10.1 Å². The number of aliphatic hydroxyl groups is 3. The molecule has 1 saturated heterocycles. The van der Waals surface area contributed by atoms with Crippen LogP contribution in [0.3, 0.4) is 0 Å². The van der Waals surface area contributed by atoms with Crippen molar-refractivity contribution >= 4 is 34.8 Å². The molecule has 6 N–H and O–H groups in total. The number of nitrogen functional groups attached to an aromatic ring is 1. The van der Waals surface area contributed by atoms with Crippen LogP contribution in [0.25, 0.3) is 22.3 Å². The maximum atomic E-state index is 10.8. The summed E-state index contributed by atoms with van der Waals surface area (Å²) in [7, 11) is 0. The van der Waals surface area contributed by atoms with Gasteiger partial charge in [0.05, 0.1) is 17.7 Å². The molecule has 0 bridgehead atoms. The number of ether oxygens (including phenoxy) is 1. The Morgan fingerprint density at radius 1 is 1.11 bits per heavy atom. The summed E-state index contributed by atoms with van der Waals surface area (Å²) in [5.74, 6) is 0.222. The third kappa shape index (κ3) is 4.56. The van der Waals surface area contributed by atoms with Crippen LogP contribution in [-0.4, -0.2) is 70.9 Å². The molecule has 1 fully saturated rings. The highest BCUT2D eigenvalue weighted by Crippen LogP contribution is 2.35. The van der Waals surface area contributed by atoms with Crippen LogP contribution < -0.4 is 11.2 Å². The Labute approximate surface area is 208 Å². The first-order valence-electron chi connectivity index (χ1n) is 11.1. The number of nitrogens with two attached hydrogens (primary N) is 1. The predicted molar refractivity (Wildman–Crippen MR) is 132 cm³/mol. The average molecular weight is 506 g/mol. The number of nitro benzene ring substituents is 1. The molecule has 4 unspecified atom stereocenters. The molecule has 1 aliphatic heterocycles. The van der Waals surface area contributed by atoms with Crippen LogP contribution in [0.5, 0.6) is 0 Å². The van der Waals surface area contributed by atoms with Crippen molar-refractivity contribution in [1.82, 2.24) is 19.5 Å². The molecule has 0 spiro atoms. The minimum Gasteiger partial charge on any atom is -0.394 e. The van der Waals surface area contributed by atoms with Gasteiger partial charge in [-0.05, 0) is 28.8 Å². The molecule has 0 aliphatic carbocycles. The van der Waals surface area contributed by atoms with Crippen LogP contribution in [-0.2, 0) is 4.74 Å². The van der Waals surface area contributed by atoms with E-state index in [4.69, 9.17) is 10.5 Å². The highest BCUT2D eigenvalue weighted by Gasteiger charge is 2.45. The number of benzene rings is 2. The second-order valence-electron chi connectivity index (χ2n) is 8.26. The molecule has 4 aromatic rings. The van der Waals surface area contributed by atoms with Gasteiger partial charge >= 0.3 is 0 Å². The number of non-ortho nitro benzene ring substituents is 1. The fraction of sp³-hybridized carbons (Fsp3) is 0.217. The monoisotopic (exact) mass is 506 g/mol. The summed E-state index contributed by atoms with van der Waals surface area (Å²) >= 11 is 0. The Morgan fingerprint density at radius 3 is 2.41 bits per heavy atom. The van der Waals surface area contributed by atoms with Gasteiger partial charge in [-0.2, -0.15) is 5.10 Å². The van der Waals surface area contributed by atoms with Crippen molar-refractivity contribution in [2.24, 2.45) is 5.10 Å². The van der Waals surface area contributed by atoms with Crippen LogP contribution in [0.15, 0.2) is 60.0 Å². The lowest BCUT2D eigenvalue weighted by molar-refractivity contribution is -0.384. The highest BCUT2D eigenvalue weighted by molar-refractivity contribution is 5.85. The van der Waals surface area contributed by atoms with Gasteiger partial charge in [0.25, 0.3) is 5.69 Å². The van der Waals surface area contributed by atoms with E-state index in [-0.39, 0.29) is 28.6 Å². The molecule has 0 amide bonds. The first-order valence-corrected chi connectivity index (χ1v) is 11.1. The molecule has 4 atom stereocenters. The SMILES string of the molecule is Nc1ncnc2c1nc(N/N=C/c1ccc(-c3ccc([N+](=O)[O-])cc3)cc1)n2C1OC(CO)C(O)C1O. The van der Waals surface area contributed by atoms with Gasteiger partial charge in [-0.15, -0.1) is 0 Å². The third-order valence-corrected chi connectivity index (χ3v) is 5.98. The van der Waals surface area contributed by atoms with Crippen molar-refractivity contribution in [2.45, 2.75) is 24.5 Å². The summed E-state index contributed by atoms with van der Waals surface area (Å²) in [5.41, 5.74) is 11.7. The largest absolute Gasteiger partial charge is 0.394 e. The van der Waals surface area contributed by atoms with Crippen LogP contribution in [0.4, 0.5) is 17.5 Å². The second kappa shape index (κ2) is 9.87. The van der Waals surface area contributed by atoms with E-state index in [2.05, 4.69) is 25.5 Å². The molecule has 3 heterocycles. The lowest BCUT2D eigenvalue weighted by atomic mass is 10.0. The Hall–Kier alpha value is -4.50. The third-order valence-electron chi connectivity index (χ3n) is 5.98. The number of anilines is 2. The number of aliphatic hydroxyl groups excluding tert-OH is 3. The Morgan fingerprint density at radius 2 is 1.78 bits per heavy atom. The number of nitro groups is 1. The van der Waals surface area contributed by atoms with Gasteiger partial charge < -0.3 is 25.8 Å². The predicted octanol–water partition coefficient (Wildman–Crippen LogP) is 1.04. The number of aromatic nitrogens is 4. The molecule has 0 radical (unpaired) electrons. The van der Waals surface area contributed by atoms with Gasteiger partial charge in [-0.3, -0.25) is 14.7 Å². The van der Waals surface area contributed by atoms with E-state index in [9.17, 15) is 25.4 Å². The van der Waals surface area contributed by atoms with Gasteiger partial charge in [-0.25, -0.2) is 20.4 Å². The van der Waals surface area contributed by atoms with Crippen molar-refractivity contribution in [3.8, 4) is 11.1 Å². The summed E-state index contributed by atoms with van der Waals surface area (Å²) < 4.78 is 7.05. The summed E-state index contributed by atoms with van der Waals surface area (Å²) in [5, 5.41) is 45.3. The summed E-state index contributed by atoms with van der Waals surface area (Å²) in [6, 6.07) is 13.6. The van der Waals surface area contributed by atoms with E-state index in [1.54, 1.807) is 12.1 Å². The lowest BCUT2D eigenvalue weighted by Gasteiger charge is -2.18. The summed E-state index contributed by atoms with van der Waals surface area (Å²) in [6.07, 6.45) is -2.04. The quantitative estimate of drug-likeness (QED) is 0.136. The molecular weight excluding hydrogens is 484 g/mol. The zero-order valence-electron chi connectivity index (χ0n) is 19.1. The Bertz CT molecular complexity index is 1460. The van der Waals surface area contributed by atoms with Gasteiger partial charge in [0.2, 0.25) is 5.95 Å². The minimum atomic E-state index is -1.37. The molecule has 5 rings (SSSR count). The number of rotatable bonds is 7. The fourth-order valence-electron chi connectivity index (χ4n) is 4.04. The first-order chi connectivity index (χ1) is 17.9. The average Bonchev–Trinajstić information content (AvgIpc) is 3.41. The van der Waals surface area contributed by atoms with Gasteiger partial charge in [0.1, 0.15) is 24.6 Å². The molecule has 14 nitrogen and oxygen atoms in total. The van der Waals surface area contributed by atoms with E-state index in [1.807, 2.05) is 24.3 Å². The van der Waals surface area contributed by atoms with E-state index in [0.717, 1.165) is 16.7 Å². The second-order valence-corrected chi connectivity index (χ2v) is 8.26. The smallest absolute Gasteiger partial charge is 0.269 e. The van der Waals surface area contributed by atoms with Gasteiger partial charge in [0, 0.05) is 12.1 Å². The van der Waals surface area contributed by atoms with Crippen molar-refractivity contribution in [2.75, 3.05) is 17.8 Å². The molecule has 190 valence electrons. The maximum absolute atomic E-state index is 10.8. The van der Waals surface area contributed by atoms with E-state index in [0.29, 0.717) is 0 Å². The summed E-state index contributed by atoms with van der Waals surface area (Å²) in [6.45, 7) is -0.491. The van der Waals surface area contributed by atoms with Crippen LogP contribution in [0.2, 0.25) is 0 Å². The number of hydrogen-bond donors (Lipinski definition) is 5. The van der Waals surface area contributed by atoms with Crippen molar-refractivity contribution in [3.63, 3.8) is 0 Å². The fourth-order valence-corrected chi connectivity index (χ4v) is 4.04. The molecule has 37 heavy (non-hydrogen) atoms. The van der Waals surface area contributed by atoms with E-state index >= 15 is 0 Å². The molecule has 0 saturated carbocycles. The molecular formula is C23H22N8O6. The first kappa shape index (κ1) is 24.2. The maximum Gasteiger partial charge on any atom is 0.269 e. The number of fused-ring (bicyclic) bond motifs is 1. The number of nitrogens with zero attached hydrogens (tertiary/aromatic N) is 6. The molecule has 2 aromatic heterocycles. The summed E-state index contributed by atoms with van der Waals surface area (Å²) in [4.78, 5) is 22.9. The molecule has 14 heteroatoms. The number of hydrogen-bond acceptors (Lipinski definition) is 12. The van der Waals surface area contributed by atoms with Gasteiger partial charge in [-0.1, -0.05) is 24.3 Å². The van der Waals surface area contributed by atoms with E-state index in [1.165, 1.54) is 29.2 Å². The van der Waals surface area contributed by atoms with Crippen molar-refractivity contribution in [3.05, 3.63) is 70.5 Å². The zero-order valence-corrected chi connectivity index (χ0v) is 19.1. The topological polar surface area (TPSA) is 207 Å². The van der Waals surface area contributed by atoms with E-state index < -0.39 is 36.1 Å². The highest BCUT2D eigenvalue weighted by atomic mass is 16.6. The lowest BCUT2D eigenvalue weighted by Crippen LogP contribution is -2.33. The number of nitrogens with one attached hydrogen (secondary N) is 1. The molecule has 2 aromatic carbocycles. The normalized spacial score (nSPS) is 21.6. The minimum absolute atomic E-state index is 0.0225. The van der Waals surface area contributed by atoms with Crippen molar-refractivity contribution < 1.29 is 25.0 Å². The number of hydrazone groups is 1.